The van der Waals surface area contributed by atoms with Gasteiger partial charge in [0, 0.05) is 0 Å². The largest absolute Gasteiger partial charge is 0.445 e. The van der Waals surface area contributed by atoms with Gasteiger partial charge in [0.15, 0.2) is 0 Å². The summed E-state index contributed by atoms with van der Waals surface area (Å²) in [5.41, 5.74) is 5.31. The van der Waals surface area contributed by atoms with Crippen LogP contribution in [0.2, 0.25) is 0 Å². The molecule has 0 aromatic rings. The third-order valence-electron chi connectivity index (χ3n) is 1.77. The number of unbranched alkanes of at least 4 members (excludes halogenated alkanes) is 1. The van der Waals surface area contributed by atoms with Crippen molar-refractivity contribution in [3.05, 3.63) is 12.7 Å². The summed E-state index contributed by atoms with van der Waals surface area (Å²) in [7, 11) is 0. The minimum atomic E-state index is -0.597. The van der Waals surface area contributed by atoms with Gasteiger partial charge in [-0.1, -0.05) is 12.7 Å². The Kier molecular flexibility index (Phi) is 8.37. The number of alkyl carbamates (subject to hydrolysis) is 1. The lowest BCUT2D eigenvalue weighted by Gasteiger charge is -2.11. The van der Waals surface area contributed by atoms with E-state index in [1.807, 2.05) is 0 Å². The van der Waals surface area contributed by atoms with Crippen LogP contribution in [0, 0.1) is 0 Å². The maximum absolute atomic E-state index is 11.0. The number of aldehydes is 1. The zero-order valence-electron chi connectivity index (χ0n) is 8.78. The van der Waals surface area contributed by atoms with E-state index in [-0.39, 0.29) is 6.61 Å². The molecule has 0 bridgehead atoms. The zero-order valence-corrected chi connectivity index (χ0v) is 8.78. The van der Waals surface area contributed by atoms with E-state index >= 15 is 0 Å². The number of ether oxygens (including phenoxy) is 1. The summed E-state index contributed by atoms with van der Waals surface area (Å²) in [6, 6.07) is -0.492. The minimum Gasteiger partial charge on any atom is -0.445 e. The predicted molar refractivity (Wildman–Crippen MR) is 57.4 cm³/mol. The number of hydrogen-bond donors (Lipinski definition) is 2. The molecule has 0 saturated heterocycles. The fourth-order valence-electron chi connectivity index (χ4n) is 1.01. The van der Waals surface area contributed by atoms with E-state index in [4.69, 9.17) is 5.73 Å². The average molecular weight is 214 g/mol. The van der Waals surface area contributed by atoms with Crippen LogP contribution in [-0.4, -0.2) is 31.6 Å². The summed E-state index contributed by atoms with van der Waals surface area (Å²) >= 11 is 0. The highest BCUT2D eigenvalue weighted by atomic mass is 16.5. The van der Waals surface area contributed by atoms with Crippen LogP contribution < -0.4 is 11.1 Å². The quantitative estimate of drug-likeness (QED) is 0.352. The zero-order chi connectivity index (χ0) is 11.5. The second-order valence-corrected chi connectivity index (χ2v) is 3.06. The van der Waals surface area contributed by atoms with Crippen LogP contribution in [0.25, 0.3) is 0 Å². The van der Waals surface area contributed by atoms with E-state index in [1.54, 1.807) is 0 Å². The molecular weight excluding hydrogens is 196 g/mol. The highest BCUT2D eigenvalue weighted by Crippen LogP contribution is 1.98. The number of nitrogens with one attached hydrogen (secondary N) is 1. The molecule has 0 saturated carbocycles. The van der Waals surface area contributed by atoms with E-state index in [0.717, 1.165) is 12.8 Å². The van der Waals surface area contributed by atoms with Gasteiger partial charge in [0.05, 0.1) is 6.04 Å². The number of carbonyl (C=O) groups is 2. The Morgan fingerprint density at radius 2 is 2.27 bits per heavy atom. The van der Waals surface area contributed by atoms with Crippen molar-refractivity contribution in [1.82, 2.24) is 5.32 Å². The minimum absolute atomic E-state index is 0.139. The fourth-order valence-corrected chi connectivity index (χ4v) is 1.01. The molecule has 0 aliphatic carbocycles. The van der Waals surface area contributed by atoms with Gasteiger partial charge in [-0.05, 0) is 25.8 Å². The highest BCUT2D eigenvalue weighted by Gasteiger charge is 2.10. The van der Waals surface area contributed by atoms with Gasteiger partial charge in [-0.15, -0.1) is 0 Å². The Bertz CT molecular complexity index is 207. The van der Waals surface area contributed by atoms with Crippen LogP contribution in [0.1, 0.15) is 19.3 Å². The summed E-state index contributed by atoms with van der Waals surface area (Å²) in [5.74, 6) is 0. The molecule has 5 nitrogen and oxygen atoms in total. The van der Waals surface area contributed by atoms with Gasteiger partial charge >= 0.3 is 6.09 Å². The van der Waals surface area contributed by atoms with Crippen molar-refractivity contribution < 1.29 is 14.3 Å². The van der Waals surface area contributed by atoms with Crippen molar-refractivity contribution >= 4 is 12.4 Å². The van der Waals surface area contributed by atoms with Crippen molar-refractivity contribution in [1.29, 1.82) is 0 Å². The lowest BCUT2D eigenvalue weighted by Crippen LogP contribution is -2.36. The van der Waals surface area contributed by atoms with Gasteiger partial charge < -0.3 is 20.6 Å². The Hall–Kier alpha value is -1.36. The summed E-state index contributed by atoms with van der Waals surface area (Å²) in [5, 5.41) is 2.44. The molecule has 0 aliphatic rings. The molecule has 86 valence electrons. The first-order valence-corrected chi connectivity index (χ1v) is 4.94. The van der Waals surface area contributed by atoms with E-state index < -0.39 is 12.1 Å². The Morgan fingerprint density at radius 3 is 2.80 bits per heavy atom. The van der Waals surface area contributed by atoms with Crippen molar-refractivity contribution in [2.75, 3.05) is 13.2 Å². The lowest BCUT2D eigenvalue weighted by molar-refractivity contribution is -0.109. The second kappa shape index (κ2) is 9.21. The first-order valence-electron chi connectivity index (χ1n) is 4.94. The van der Waals surface area contributed by atoms with Crippen LogP contribution in [0.3, 0.4) is 0 Å². The summed E-state index contributed by atoms with van der Waals surface area (Å²) in [6.45, 7) is 4.13. The molecule has 0 unspecified atom stereocenters. The molecular formula is C10H18N2O3. The smallest absolute Gasteiger partial charge is 0.408 e. The molecule has 0 heterocycles. The van der Waals surface area contributed by atoms with Crippen molar-refractivity contribution in [3.63, 3.8) is 0 Å². The normalized spacial score (nSPS) is 11.5. The molecule has 3 N–H and O–H groups in total. The van der Waals surface area contributed by atoms with E-state index in [9.17, 15) is 9.59 Å². The molecule has 1 amide bonds. The van der Waals surface area contributed by atoms with E-state index in [2.05, 4.69) is 16.6 Å². The summed E-state index contributed by atoms with van der Waals surface area (Å²) in [6.07, 6.45) is 3.80. The monoisotopic (exact) mass is 214 g/mol. The standard InChI is InChI=1S/C10H18N2O3/c1-2-7-15-10(14)12-9(8-13)5-3-4-6-11/h2,8-9H,1,3-7,11H2,(H,12,14)/t9-/m1/s1. The topological polar surface area (TPSA) is 81.4 Å². The van der Waals surface area contributed by atoms with Crippen LogP contribution in [0.4, 0.5) is 4.79 Å². The Morgan fingerprint density at radius 1 is 1.53 bits per heavy atom. The Labute approximate surface area is 89.7 Å². The van der Waals surface area contributed by atoms with Crippen LogP contribution in [0.15, 0.2) is 12.7 Å². The number of rotatable bonds is 8. The van der Waals surface area contributed by atoms with Gasteiger partial charge in [-0.25, -0.2) is 4.79 Å². The molecule has 0 radical (unpaired) electrons. The highest BCUT2D eigenvalue weighted by molar-refractivity contribution is 5.73. The molecule has 0 rings (SSSR count). The molecule has 15 heavy (non-hydrogen) atoms. The lowest BCUT2D eigenvalue weighted by atomic mass is 10.1. The summed E-state index contributed by atoms with van der Waals surface area (Å²) in [4.78, 5) is 21.6. The molecule has 0 aromatic heterocycles. The number of nitrogens with two attached hydrogens (primary N) is 1. The number of carbonyl (C=O) groups excluding carboxylic acids is 2. The number of amides is 1. The van der Waals surface area contributed by atoms with Crippen molar-refractivity contribution in [3.8, 4) is 0 Å². The maximum atomic E-state index is 11.0. The van der Waals surface area contributed by atoms with Gasteiger partial charge in [0.1, 0.15) is 12.9 Å². The molecule has 0 aliphatic heterocycles. The summed E-state index contributed by atoms with van der Waals surface area (Å²) < 4.78 is 4.68. The van der Waals surface area contributed by atoms with E-state index in [0.29, 0.717) is 19.3 Å². The van der Waals surface area contributed by atoms with Gasteiger partial charge in [0.25, 0.3) is 0 Å². The Balaban J connectivity index is 3.71. The number of hydrogen-bond acceptors (Lipinski definition) is 4. The van der Waals surface area contributed by atoms with Gasteiger partial charge in [-0.3, -0.25) is 0 Å². The van der Waals surface area contributed by atoms with Crippen LogP contribution >= 0.6 is 0 Å². The molecule has 0 spiro atoms. The second-order valence-electron chi connectivity index (χ2n) is 3.06. The van der Waals surface area contributed by atoms with Crippen LogP contribution in [-0.2, 0) is 9.53 Å². The third-order valence-corrected chi connectivity index (χ3v) is 1.77. The fraction of sp³-hybridized carbons (Fsp3) is 0.600. The molecule has 5 heteroatoms. The predicted octanol–water partition coefficient (Wildman–Crippen LogP) is 0.595. The molecule has 0 aromatic carbocycles. The SMILES string of the molecule is C=CCOC(=O)N[C@@H](C=O)CCCCN. The molecule has 1 atom stereocenters. The van der Waals surface area contributed by atoms with Crippen LogP contribution in [0.5, 0.6) is 0 Å². The van der Waals surface area contributed by atoms with Gasteiger partial charge in [0.2, 0.25) is 0 Å². The maximum Gasteiger partial charge on any atom is 0.408 e. The third kappa shape index (κ3) is 7.69. The van der Waals surface area contributed by atoms with Gasteiger partial charge in [-0.2, -0.15) is 0 Å². The average Bonchev–Trinajstić information content (AvgIpc) is 2.25. The van der Waals surface area contributed by atoms with Crippen molar-refractivity contribution in [2.45, 2.75) is 25.3 Å². The first kappa shape index (κ1) is 13.6. The van der Waals surface area contributed by atoms with E-state index in [1.165, 1.54) is 6.08 Å². The van der Waals surface area contributed by atoms with Crippen molar-refractivity contribution in [2.24, 2.45) is 5.73 Å². The molecule has 0 fully saturated rings. The first-order chi connectivity index (χ1) is 7.24.